The highest BCUT2D eigenvalue weighted by atomic mass is 16.5. The predicted molar refractivity (Wildman–Crippen MR) is 118 cm³/mol. The molecule has 3 aliphatic heterocycles. The van der Waals surface area contributed by atoms with Gasteiger partial charge in [-0.3, -0.25) is 9.79 Å². The highest BCUT2D eigenvalue weighted by Crippen LogP contribution is 2.21. The molecule has 172 valence electrons. The van der Waals surface area contributed by atoms with Gasteiger partial charge in [-0.2, -0.15) is 0 Å². The summed E-state index contributed by atoms with van der Waals surface area (Å²) in [4.78, 5) is 22.0. The lowest BCUT2D eigenvalue weighted by atomic mass is 9.95. The van der Waals surface area contributed by atoms with Crippen LogP contribution in [0.5, 0.6) is 0 Å². The van der Waals surface area contributed by atoms with Crippen LogP contribution in [0.15, 0.2) is 27.8 Å². The van der Waals surface area contributed by atoms with Gasteiger partial charge in [0, 0.05) is 51.7 Å². The van der Waals surface area contributed by atoms with Crippen molar-refractivity contribution in [1.82, 2.24) is 15.1 Å². The van der Waals surface area contributed by atoms with Crippen LogP contribution in [0, 0.1) is 5.92 Å². The lowest BCUT2D eigenvalue weighted by molar-refractivity contribution is -0.140. The van der Waals surface area contributed by atoms with Gasteiger partial charge in [0.25, 0.3) is 0 Å². The third-order valence-corrected chi connectivity index (χ3v) is 6.42. The molecule has 31 heavy (non-hydrogen) atoms. The van der Waals surface area contributed by atoms with Gasteiger partial charge in [-0.05, 0) is 44.2 Å². The van der Waals surface area contributed by atoms with Gasteiger partial charge in [0.05, 0.1) is 32.1 Å². The number of hydrogen-bond donors (Lipinski definition) is 1. The van der Waals surface area contributed by atoms with E-state index in [1.54, 1.807) is 6.26 Å². The Morgan fingerprint density at radius 1 is 1.06 bits per heavy atom. The number of nitrogens with one attached hydrogen (secondary N) is 1. The van der Waals surface area contributed by atoms with Crippen molar-refractivity contribution in [2.75, 3.05) is 59.1 Å². The van der Waals surface area contributed by atoms with Crippen molar-refractivity contribution in [3.8, 4) is 0 Å². The zero-order chi connectivity index (χ0) is 21.3. The molecule has 8 heteroatoms. The van der Waals surface area contributed by atoms with Crippen LogP contribution in [-0.4, -0.2) is 86.9 Å². The number of morpholine rings is 1. The lowest BCUT2D eigenvalue weighted by Gasteiger charge is -2.37. The smallest absolute Gasteiger partial charge is 0.225 e. The second-order valence-electron chi connectivity index (χ2n) is 8.61. The first-order valence-electron chi connectivity index (χ1n) is 11.8. The summed E-state index contributed by atoms with van der Waals surface area (Å²) in [6.07, 6.45) is 7.94. The number of nitrogens with zero attached hydrogens (tertiary/aromatic N) is 3. The monoisotopic (exact) mass is 432 g/mol. The summed E-state index contributed by atoms with van der Waals surface area (Å²) in [5, 5.41) is 3.52. The average molecular weight is 433 g/mol. The molecule has 1 unspecified atom stereocenters. The normalized spacial score (nSPS) is 23.7. The number of amides is 1. The van der Waals surface area contributed by atoms with Crippen LogP contribution >= 0.6 is 0 Å². The molecule has 1 aromatic rings. The fourth-order valence-corrected chi connectivity index (χ4v) is 4.54. The number of ether oxygens (including phenoxy) is 2. The zero-order valence-corrected chi connectivity index (χ0v) is 18.5. The molecule has 8 nitrogen and oxygen atoms in total. The van der Waals surface area contributed by atoms with E-state index in [0.29, 0.717) is 25.7 Å². The van der Waals surface area contributed by atoms with E-state index in [1.165, 1.54) is 6.42 Å². The molecule has 0 aromatic carbocycles. The van der Waals surface area contributed by atoms with Gasteiger partial charge in [-0.25, -0.2) is 0 Å². The minimum atomic E-state index is 0.111. The summed E-state index contributed by atoms with van der Waals surface area (Å²) >= 11 is 0. The van der Waals surface area contributed by atoms with Crippen LogP contribution in [0.4, 0.5) is 0 Å². The summed E-state index contributed by atoms with van der Waals surface area (Å²) in [7, 11) is 0. The molecule has 0 spiro atoms. The molecule has 4 heterocycles. The maximum Gasteiger partial charge on any atom is 0.225 e. The molecule has 1 N–H and O–H groups in total. The van der Waals surface area contributed by atoms with Gasteiger partial charge in [0.1, 0.15) is 5.76 Å². The van der Waals surface area contributed by atoms with Crippen molar-refractivity contribution in [2.24, 2.45) is 10.9 Å². The molecule has 4 rings (SSSR count). The maximum absolute atomic E-state index is 12.8. The van der Waals surface area contributed by atoms with Crippen LogP contribution in [0.3, 0.4) is 0 Å². The number of rotatable bonds is 6. The Morgan fingerprint density at radius 3 is 2.61 bits per heavy atom. The van der Waals surface area contributed by atoms with Gasteiger partial charge < -0.3 is 29.0 Å². The third kappa shape index (κ3) is 6.46. The first-order chi connectivity index (χ1) is 15.3. The molecule has 3 fully saturated rings. The van der Waals surface area contributed by atoms with Crippen molar-refractivity contribution < 1.29 is 18.7 Å². The minimum absolute atomic E-state index is 0.111. The Kier molecular flexibility index (Phi) is 8.24. The first kappa shape index (κ1) is 22.1. The van der Waals surface area contributed by atoms with Crippen molar-refractivity contribution >= 4 is 11.9 Å². The number of furan rings is 1. The molecule has 3 saturated heterocycles. The summed E-state index contributed by atoms with van der Waals surface area (Å²) < 4.78 is 16.7. The standard InChI is InChI=1S/C23H36N4O4/c28-22(26-12-16-29-17-13-26)19-7-10-27(11-8-19)23(24-9-6-20-5-3-15-30-20)25-18-21-4-1-2-14-31-21/h3,5,15,19,21H,1-2,4,6-14,16-18H2,(H,24,25). The number of hydrogen-bond acceptors (Lipinski definition) is 5. The Hall–Kier alpha value is -2.06. The highest BCUT2D eigenvalue weighted by molar-refractivity contribution is 5.82. The van der Waals surface area contributed by atoms with E-state index in [1.807, 2.05) is 17.0 Å². The van der Waals surface area contributed by atoms with Crippen molar-refractivity contribution in [3.05, 3.63) is 24.2 Å². The van der Waals surface area contributed by atoms with E-state index in [2.05, 4.69) is 10.2 Å². The molecule has 1 atom stereocenters. The summed E-state index contributed by atoms with van der Waals surface area (Å²) in [6.45, 7) is 6.76. The molecule has 1 amide bonds. The molecule has 1 aromatic heterocycles. The largest absolute Gasteiger partial charge is 0.469 e. The van der Waals surface area contributed by atoms with Gasteiger partial charge in [0.15, 0.2) is 5.96 Å². The Morgan fingerprint density at radius 2 is 1.90 bits per heavy atom. The number of carbonyl (C=O) groups excluding carboxylic acids is 1. The zero-order valence-electron chi connectivity index (χ0n) is 18.5. The summed E-state index contributed by atoms with van der Waals surface area (Å²) in [5.41, 5.74) is 0. The van der Waals surface area contributed by atoms with Crippen LogP contribution in [0.1, 0.15) is 37.9 Å². The van der Waals surface area contributed by atoms with E-state index in [0.717, 1.165) is 83.2 Å². The first-order valence-corrected chi connectivity index (χ1v) is 11.8. The fourth-order valence-electron chi connectivity index (χ4n) is 4.54. The number of likely N-dealkylation sites (tertiary alicyclic amines) is 1. The molecular formula is C23H36N4O4. The second-order valence-corrected chi connectivity index (χ2v) is 8.61. The topological polar surface area (TPSA) is 79.5 Å². The van der Waals surface area contributed by atoms with Crippen LogP contribution in [0.2, 0.25) is 0 Å². The third-order valence-electron chi connectivity index (χ3n) is 6.42. The van der Waals surface area contributed by atoms with E-state index >= 15 is 0 Å². The SMILES string of the molecule is O=C(C1CCN(C(=NCC2CCCCO2)NCCc2ccco2)CC1)N1CCOCC1. The van der Waals surface area contributed by atoms with E-state index in [9.17, 15) is 4.79 Å². The molecule has 3 aliphatic rings. The number of piperidine rings is 1. The van der Waals surface area contributed by atoms with Gasteiger partial charge in [-0.1, -0.05) is 0 Å². The van der Waals surface area contributed by atoms with Gasteiger partial charge >= 0.3 is 0 Å². The molecule has 0 saturated carbocycles. The Balaban J connectivity index is 1.31. The molecular weight excluding hydrogens is 396 g/mol. The second kappa shape index (κ2) is 11.5. The Labute approximate surface area is 184 Å². The maximum atomic E-state index is 12.8. The molecule has 0 bridgehead atoms. The van der Waals surface area contributed by atoms with Crippen molar-refractivity contribution in [1.29, 1.82) is 0 Å². The van der Waals surface area contributed by atoms with Crippen LogP contribution < -0.4 is 5.32 Å². The predicted octanol–water partition coefficient (Wildman–Crippen LogP) is 1.91. The van der Waals surface area contributed by atoms with Gasteiger partial charge in [-0.15, -0.1) is 0 Å². The van der Waals surface area contributed by atoms with Crippen molar-refractivity contribution in [2.45, 2.75) is 44.6 Å². The number of carbonyl (C=O) groups is 1. The number of guanidine groups is 1. The fraction of sp³-hybridized carbons (Fsp3) is 0.739. The molecule has 0 radical (unpaired) electrons. The van der Waals surface area contributed by atoms with E-state index in [-0.39, 0.29) is 12.0 Å². The van der Waals surface area contributed by atoms with Crippen LogP contribution in [-0.2, 0) is 20.7 Å². The highest BCUT2D eigenvalue weighted by Gasteiger charge is 2.30. The quantitative estimate of drug-likeness (QED) is 0.546. The van der Waals surface area contributed by atoms with E-state index in [4.69, 9.17) is 18.9 Å². The molecule has 0 aliphatic carbocycles. The summed E-state index contributed by atoms with van der Waals surface area (Å²) in [6, 6.07) is 3.91. The summed E-state index contributed by atoms with van der Waals surface area (Å²) in [5.74, 6) is 2.30. The van der Waals surface area contributed by atoms with Gasteiger partial charge in [0.2, 0.25) is 5.91 Å². The average Bonchev–Trinajstić information content (AvgIpc) is 3.36. The van der Waals surface area contributed by atoms with Crippen molar-refractivity contribution in [3.63, 3.8) is 0 Å². The minimum Gasteiger partial charge on any atom is -0.469 e. The number of aliphatic imine (C=N–C) groups is 1. The van der Waals surface area contributed by atoms with Crippen LogP contribution in [0.25, 0.3) is 0 Å². The van der Waals surface area contributed by atoms with E-state index < -0.39 is 0 Å². The lowest BCUT2D eigenvalue weighted by Crippen LogP contribution is -2.50. The Bertz CT molecular complexity index is 688.